The summed E-state index contributed by atoms with van der Waals surface area (Å²) in [6, 6.07) is 0. The molecule has 44 valence electrons. The van der Waals surface area contributed by atoms with E-state index in [1.165, 1.54) is 25.9 Å². The third-order valence-corrected chi connectivity index (χ3v) is 1.76. The van der Waals surface area contributed by atoms with E-state index >= 15 is 0 Å². The summed E-state index contributed by atoms with van der Waals surface area (Å²) in [6.45, 7) is 2.47. The van der Waals surface area contributed by atoms with Crippen LogP contribution in [0.1, 0.15) is 12.8 Å². The highest BCUT2D eigenvalue weighted by Crippen LogP contribution is 2.10. The molecule has 0 aromatic heterocycles. The van der Waals surface area contributed by atoms with E-state index in [4.69, 9.17) is 0 Å². The largest absolute Gasteiger partial charge is 0.242 e. The van der Waals surface area contributed by atoms with Crippen molar-refractivity contribution in [2.45, 2.75) is 12.8 Å². The Bertz CT molecular complexity index is 45.0. The zero-order chi connectivity index (χ0) is 4.41. The quantitative estimate of drug-likeness (QED) is 0.406. The van der Waals surface area contributed by atoms with Gasteiger partial charge in [-0.1, -0.05) is 0 Å². The van der Waals surface area contributed by atoms with Crippen molar-refractivity contribution >= 4 is 26.0 Å². The third-order valence-electron chi connectivity index (χ3n) is 1.05. The number of hydrogen-bond acceptors (Lipinski definition) is 1. The molecule has 1 heterocycles. The van der Waals surface area contributed by atoms with Gasteiger partial charge in [0.05, 0.1) is 0 Å². The van der Waals surface area contributed by atoms with Crippen LogP contribution in [0, 0.1) is 0 Å². The molecule has 0 aromatic carbocycles. The molecule has 1 aliphatic rings. The Morgan fingerprint density at radius 1 is 1.14 bits per heavy atom. The lowest BCUT2D eigenvalue weighted by Gasteiger charge is -1.97. The smallest absolute Gasteiger partial charge is 0.0120 e. The van der Waals surface area contributed by atoms with Gasteiger partial charge in [-0.2, -0.15) is 9.90 Å². The average Bonchev–Trinajstić information content (AvgIpc) is 1.86. The molecular weight excluding hydrogens is 173 g/mol. The Balaban J connectivity index is 0.000000360. The average molecular weight is 184 g/mol. The monoisotopic (exact) mass is 183 g/mol. The highest BCUT2D eigenvalue weighted by Gasteiger charge is 2.05. The lowest BCUT2D eigenvalue weighted by atomic mass is 10.4. The van der Waals surface area contributed by atoms with Crippen molar-refractivity contribution in [3.8, 4) is 0 Å². The topological polar surface area (TPSA) is 3.24 Å². The van der Waals surface area contributed by atoms with E-state index in [2.05, 4.69) is 20.1 Å². The van der Waals surface area contributed by atoms with Crippen molar-refractivity contribution < 1.29 is 0 Å². The van der Waals surface area contributed by atoms with Crippen molar-refractivity contribution in [3.05, 3.63) is 0 Å². The van der Waals surface area contributed by atoms with Crippen LogP contribution in [-0.4, -0.2) is 17.0 Å². The fourth-order valence-electron chi connectivity index (χ4n) is 0.679. The Hall–Kier alpha value is 0.870. The van der Waals surface area contributed by atoms with E-state index in [1.807, 2.05) is 0 Å². The summed E-state index contributed by atoms with van der Waals surface area (Å²) in [7, 11) is 0. The van der Waals surface area contributed by atoms with Gasteiger partial charge in [0.1, 0.15) is 0 Å². The molecule has 0 amide bonds. The molecule has 0 aromatic rings. The maximum absolute atomic E-state index is 3.37. The zero-order valence-electron chi connectivity index (χ0n) is 4.36. The summed E-state index contributed by atoms with van der Waals surface area (Å²) in [4.78, 5) is 0. The van der Waals surface area contributed by atoms with Crippen LogP contribution in [0.4, 0.5) is 0 Å². The molecule has 1 atom stereocenters. The van der Waals surface area contributed by atoms with Gasteiger partial charge in [-0.05, 0) is 12.8 Å². The summed E-state index contributed by atoms with van der Waals surface area (Å²) in [5.74, 6) is 0. The predicted molar refractivity (Wildman–Crippen MR) is 40.8 cm³/mol. The van der Waals surface area contributed by atoms with Crippen LogP contribution in [0.15, 0.2) is 0 Å². The molecule has 0 saturated carbocycles. The molecule has 1 rings (SSSR count). The summed E-state index contributed by atoms with van der Waals surface area (Å²) in [5.41, 5.74) is 0. The van der Waals surface area contributed by atoms with Gasteiger partial charge in [0.2, 0.25) is 0 Å². The molecule has 1 saturated heterocycles. The van der Waals surface area contributed by atoms with E-state index in [0.717, 1.165) is 0 Å². The molecule has 7 heavy (non-hydrogen) atoms. The highest BCUT2D eigenvalue weighted by atomic mass is 79.9. The van der Waals surface area contributed by atoms with Gasteiger partial charge in [-0.25, -0.2) is 3.93 Å². The van der Waals surface area contributed by atoms with Gasteiger partial charge >= 0.3 is 0 Å². The minimum atomic E-state index is 0. The first kappa shape index (κ1) is 7.87. The molecule has 1 unspecified atom stereocenters. The molecule has 0 aliphatic carbocycles. The number of halogens is 1. The second kappa shape index (κ2) is 3.82. The second-order valence-corrected chi connectivity index (χ2v) is 2.62. The number of rotatable bonds is 0. The molecule has 0 radical (unpaired) electrons. The summed E-state index contributed by atoms with van der Waals surface area (Å²) < 4.78 is 2.17. The van der Waals surface area contributed by atoms with Crippen molar-refractivity contribution in [2.75, 3.05) is 13.1 Å². The Labute approximate surface area is 56.4 Å². The Kier molecular flexibility index (Phi) is 4.30. The van der Waals surface area contributed by atoms with Crippen LogP contribution in [-0.2, 0) is 0 Å². The van der Waals surface area contributed by atoms with Gasteiger partial charge in [0.25, 0.3) is 0 Å². The van der Waals surface area contributed by atoms with Crippen LogP contribution >= 0.6 is 26.0 Å². The first-order chi connectivity index (χ1) is 2.89. The summed E-state index contributed by atoms with van der Waals surface area (Å²) in [6.07, 6.45) is 2.73. The van der Waals surface area contributed by atoms with E-state index < -0.39 is 0 Å². The van der Waals surface area contributed by atoms with Crippen LogP contribution in [0.3, 0.4) is 0 Å². The van der Waals surface area contributed by atoms with E-state index in [-0.39, 0.29) is 9.90 Å². The van der Waals surface area contributed by atoms with Crippen LogP contribution in [0.5, 0.6) is 0 Å². The zero-order valence-corrected chi connectivity index (χ0v) is 7.36. The van der Waals surface area contributed by atoms with Gasteiger partial charge in [0, 0.05) is 29.2 Å². The third kappa shape index (κ3) is 2.63. The van der Waals surface area contributed by atoms with Crippen molar-refractivity contribution in [2.24, 2.45) is 0 Å². The molecule has 0 spiro atoms. The molecule has 0 bridgehead atoms. The molecular formula is C4H11BrNP. The Morgan fingerprint density at radius 2 is 1.57 bits per heavy atom. The standard InChI is InChI=1S/C4H8BrN.H3P/c5-6-3-1-2-4-6;/h1-4H2;1H3. The summed E-state index contributed by atoms with van der Waals surface area (Å²) in [5, 5.41) is 0. The number of nitrogens with zero attached hydrogens (tertiary/aromatic N) is 1. The SMILES string of the molecule is BrN1CCCC1.P. The fourth-order valence-corrected chi connectivity index (χ4v) is 1.18. The lowest BCUT2D eigenvalue weighted by molar-refractivity contribution is 0.608. The highest BCUT2D eigenvalue weighted by molar-refractivity contribution is 9.07. The maximum Gasteiger partial charge on any atom is 0.0120 e. The maximum atomic E-state index is 3.37. The van der Waals surface area contributed by atoms with E-state index in [9.17, 15) is 0 Å². The minimum Gasteiger partial charge on any atom is -0.242 e. The first-order valence-electron chi connectivity index (χ1n) is 2.30. The number of hydrogen-bond donors (Lipinski definition) is 0. The second-order valence-electron chi connectivity index (χ2n) is 1.62. The van der Waals surface area contributed by atoms with Crippen LogP contribution in [0.2, 0.25) is 0 Å². The normalized spacial score (nSPS) is 21.9. The molecule has 1 nitrogen and oxygen atoms in total. The minimum absolute atomic E-state index is 0. The molecule has 1 fully saturated rings. The predicted octanol–water partition coefficient (Wildman–Crippen LogP) is 1.45. The van der Waals surface area contributed by atoms with Crippen molar-refractivity contribution in [3.63, 3.8) is 0 Å². The molecule has 1 aliphatic heterocycles. The van der Waals surface area contributed by atoms with Gasteiger partial charge < -0.3 is 0 Å². The van der Waals surface area contributed by atoms with Crippen molar-refractivity contribution in [1.29, 1.82) is 0 Å². The fraction of sp³-hybridized carbons (Fsp3) is 1.00. The van der Waals surface area contributed by atoms with Crippen LogP contribution < -0.4 is 0 Å². The van der Waals surface area contributed by atoms with E-state index in [1.54, 1.807) is 0 Å². The molecule has 3 heteroatoms. The van der Waals surface area contributed by atoms with Gasteiger partial charge in [0.15, 0.2) is 0 Å². The first-order valence-corrected chi connectivity index (χ1v) is 3.01. The summed E-state index contributed by atoms with van der Waals surface area (Å²) >= 11 is 3.37. The van der Waals surface area contributed by atoms with Crippen molar-refractivity contribution in [1.82, 2.24) is 3.93 Å². The molecule has 0 N–H and O–H groups in total. The van der Waals surface area contributed by atoms with Gasteiger partial charge in [-0.3, -0.25) is 0 Å². The lowest BCUT2D eigenvalue weighted by Crippen LogP contribution is -2.01. The van der Waals surface area contributed by atoms with E-state index in [0.29, 0.717) is 0 Å². The Morgan fingerprint density at radius 3 is 1.71 bits per heavy atom. The van der Waals surface area contributed by atoms with Gasteiger partial charge in [-0.15, -0.1) is 0 Å². The van der Waals surface area contributed by atoms with Crippen LogP contribution in [0.25, 0.3) is 0 Å².